The van der Waals surface area contributed by atoms with Crippen LogP contribution in [0.25, 0.3) is 0 Å². The summed E-state index contributed by atoms with van der Waals surface area (Å²) in [6.45, 7) is 4.37. The van der Waals surface area contributed by atoms with Crippen molar-refractivity contribution in [2.75, 3.05) is 0 Å². The van der Waals surface area contributed by atoms with Gasteiger partial charge < -0.3 is 4.52 Å². The van der Waals surface area contributed by atoms with E-state index in [-0.39, 0.29) is 0 Å². The van der Waals surface area contributed by atoms with Crippen LogP contribution < -0.4 is 0 Å². The maximum atomic E-state index is 5.87. The van der Waals surface area contributed by atoms with Gasteiger partial charge in [0.1, 0.15) is 11.5 Å². The average Bonchev–Trinajstić information content (AvgIpc) is 2.67. The highest BCUT2D eigenvalue weighted by atomic mass is 35.5. The number of aryl methyl sites for hydroxylation is 1. The molecule has 2 rings (SSSR count). The quantitative estimate of drug-likeness (QED) is 0.765. The van der Waals surface area contributed by atoms with Crippen molar-refractivity contribution in [3.05, 3.63) is 34.4 Å². The van der Waals surface area contributed by atoms with Gasteiger partial charge in [-0.25, -0.2) is 0 Å². The van der Waals surface area contributed by atoms with Gasteiger partial charge in [0.05, 0.1) is 23.5 Å². The van der Waals surface area contributed by atoms with Crippen molar-refractivity contribution in [3.8, 4) is 0 Å². The molecule has 0 fully saturated rings. The normalized spacial score (nSPS) is 10.8. The maximum Gasteiger partial charge on any atom is 0.133 e. The van der Waals surface area contributed by atoms with Gasteiger partial charge in [-0.3, -0.25) is 4.68 Å². The number of hydrogen-bond acceptors (Lipinski definition) is 3. The largest absolute Gasteiger partial charge is 0.361 e. The molecular weight excluding hydrogens is 202 g/mol. The van der Waals surface area contributed by atoms with Crippen LogP contribution in [0, 0.1) is 13.8 Å². The van der Waals surface area contributed by atoms with Crippen LogP contribution in [0.2, 0.25) is 5.02 Å². The number of halogens is 1. The molecule has 0 bridgehead atoms. The highest BCUT2D eigenvalue weighted by Crippen LogP contribution is 2.14. The molecule has 0 aliphatic carbocycles. The van der Waals surface area contributed by atoms with E-state index in [1.807, 2.05) is 19.9 Å². The van der Waals surface area contributed by atoms with E-state index < -0.39 is 0 Å². The summed E-state index contributed by atoms with van der Waals surface area (Å²) in [5, 5.41) is 8.68. The molecule has 0 atom stereocenters. The van der Waals surface area contributed by atoms with Crippen LogP contribution in [-0.4, -0.2) is 14.9 Å². The van der Waals surface area contributed by atoms with Crippen molar-refractivity contribution in [2.45, 2.75) is 20.4 Å². The summed E-state index contributed by atoms with van der Waals surface area (Å²) in [5.74, 6) is 0.802. The molecular formula is C9H10ClN3O. The third kappa shape index (κ3) is 1.65. The minimum atomic E-state index is 0.593. The Balaban J connectivity index is 2.22. The van der Waals surface area contributed by atoms with Crippen LogP contribution in [0.5, 0.6) is 0 Å². The standard InChI is InChI=1S/C9H10ClN3O/c1-6-3-8(12-14-6)5-13-7(2)9(10)4-11-13/h3-4H,5H2,1-2H3. The van der Waals surface area contributed by atoms with Gasteiger partial charge in [0.15, 0.2) is 0 Å². The van der Waals surface area contributed by atoms with Crippen molar-refractivity contribution >= 4 is 11.6 Å². The van der Waals surface area contributed by atoms with Gasteiger partial charge in [-0.05, 0) is 13.8 Å². The van der Waals surface area contributed by atoms with Gasteiger partial charge in [0.2, 0.25) is 0 Å². The second-order valence-electron chi connectivity index (χ2n) is 3.16. The molecule has 0 aromatic carbocycles. The molecule has 0 saturated carbocycles. The van der Waals surface area contributed by atoms with E-state index in [9.17, 15) is 0 Å². The molecule has 4 nitrogen and oxygen atoms in total. The lowest BCUT2D eigenvalue weighted by atomic mass is 10.3. The third-order valence-electron chi connectivity index (χ3n) is 2.03. The number of nitrogens with zero attached hydrogens (tertiary/aromatic N) is 3. The minimum absolute atomic E-state index is 0.593. The zero-order valence-corrected chi connectivity index (χ0v) is 8.75. The van der Waals surface area contributed by atoms with Crippen LogP contribution >= 0.6 is 11.6 Å². The fraction of sp³-hybridized carbons (Fsp3) is 0.333. The molecule has 5 heteroatoms. The van der Waals surface area contributed by atoms with Gasteiger partial charge >= 0.3 is 0 Å². The van der Waals surface area contributed by atoms with Crippen molar-refractivity contribution in [1.82, 2.24) is 14.9 Å². The first kappa shape index (κ1) is 9.27. The molecule has 0 saturated heterocycles. The highest BCUT2D eigenvalue weighted by molar-refractivity contribution is 6.31. The highest BCUT2D eigenvalue weighted by Gasteiger charge is 2.06. The lowest BCUT2D eigenvalue weighted by molar-refractivity contribution is 0.387. The van der Waals surface area contributed by atoms with Gasteiger partial charge in [-0.15, -0.1) is 0 Å². The fourth-order valence-electron chi connectivity index (χ4n) is 1.23. The number of hydrogen-bond donors (Lipinski definition) is 0. The fourth-order valence-corrected chi connectivity index (χ4v) is 1.37. The summed E-state index contributed by atoms with van der Waals surface area (Å²) in [4.78, 5) is 0. The van der Waals surface area contributed by atoms with Crippen molar-refractivity contribution in [1.29, 1.82) is 0 Å². The van der Waals surface area contributed by atoms with E-state index in [0.29, 0.717) is 11.6 Å². The molecule has 74 valence electrons. The molecule has 0 N–H and O–H groups in total. The lowest BCUT2D eigenvalue weighted by Crippen LogP contribution is -2.03. The Kier molecular flexibility index (Phi) is 2.29. The SMILES string of the molecule is Cc1cc(Cn2ncc(Cl)c2C)no1. The van der Waals surface area contributed by atoms with Crippen LogP contribution in [0.4, 0.5) is 0 Å². The third-order valence-corrected chi connectivity index (χ3v) is 2.40. The van der Waals surface area contributed by atoms with Crippen molar-refractivity contribution in [2.24, 2.45) is 0 Å². The molecule has 2 heterocycles. The first-order valence-corrected chi connectivity index (χ1v) is 4.64. The van der Waals surface area contributed by atoms with E-state index in [1.165, 1.54) is 0 Å². The lowest BCUT2D eigenvalue weighted by Gasteiger charge is -1.99. The van der Waals surface area contributed by atoms with Gasteiger partial charge in [0, 0.05) is 6.07 Å². The summed E-state index contributed by atoms with van der Waals surface area (Å²) in [5.41, 5.74) is 1.79. The van der Waals surface area contributed by atoms with Gasteiger partial charge in [-0.1, -0.05) is 16.8 Å². The minimum Gasteiger partial charge on any atom is -0.361 e. The van der Waals surface area contributed by atoms with E-state index in [2.05, 4.69) is 10.3 Å². The van der Waals surface area contributed by atoms with Crippen LogP contribution in [-0.2, 0) is 6.54 Å². The monoisotopic (exact) mass is 211 g/mol. The summed E-state index contributed by atoms with van der Waals surface area (Å²) in [7, 11) is 0. The zero-order chi connectivity index (χ0) is 10.1. The Morgan fingerprint density at radius 1 is 1.50 bits per heavy atom. The second kappa shape index (κ2) is 3.46. The van der Waals surface area contributed by atoms with Gasteiger partial charge in [0.25, 0.3) is 0 Å². The second-order valence-corrected chi connectivity index (χ2v) is 3.57. The Bertz CT molecular complexity index is 447. The number of aromatic nitrogens is 3. The summed E-state index contributed by atoms with van der Waals surface area (Å²) in [6, 6.07) is 1.88. The van der Waals surface area contributed by atoms with E-state index in [0.717, 1.165) is 17.1 Å². The topological polar surface area (TPSA) is 43.9 Å². The van der Waals surface area contributed by atoms with E-state index >= 15 is 0 Å². The van der Waals surface area contributed by atoms with Crippen LogP contribution in [0.1, 0.15) is 17.1 Å². The molecule has 0 unspecified atom stereocenters. The molecule has 0 aliphatic heterocycles. The molecule has 0 aliphatic rings. The van der Waals surface area contributed by atoms with E-state index in [1.54, 1.807) is 10.9 Å². The number of rotatable bonds is 2. The smallest absolute Gasteiger partial charge is 0.133 e. The maximum absolute atomic E-state index is 5.87. The predicted octanol–water partition coefficient (Wildman–Crippen LogP) is 2.19. The van der Waals surface area contributed by atoms with E-state index in [4.69, 9.17) is 16.1 Å². The van der Waals surface area contributed by atoms with Crippen molar-refractivity contribution in [3.63, 3.8) is 0 Å². The molecule has 2 aromatic heterocycles. The summed E-state index contributed by atoms with van der Waals surface area (Å²) in [6.07, 6.45) is 1.63. The summed E-state index contributed by atoms with van der Waals surface area (Å²) >= 11 is 5.87. The Labute approximate surface area is 86.5 Å². The van der Waals surface area contributed by atoms with Gasteiger partial charge in [-0.2, -0.15) is 5.10 Å². The molecule has 0 radical (unpaired) electrons. The first-order chi connectivity index (χ1) is 6.66. The molecule has 2 aromatic rings. The Morgan fingerprint density at radius 2 is 2.29 bits per heavy atom. The average molecular weight is 212 g/mol. The molecule has 0 amide bonds. The molecule has 14 heavy (non-hydrogen) atoms. The summed E-state index contributed by atoms with van der Waals surface area (Å²) < 4.78 is 6.75. The van der Waals surface area contributed by atoms with Crippen LogP contribution in [0.3, 0.4) is 0 Å². The Morgan fingerprint density at radius 3 is 2.79 bits per heavy atom. The zero-order valence-electron chi connectivity index (χ0n) is 7.99. The Hall–Kier alpha value is -1.29. The van der Waals surface area contributed by atoms with Crippen molar-refractivity contribution < 1.29 is 4.52 Å². The molecule has 0 spiro atoms. The van der Waals surface area contributed by atoms with Crippen LogP contribution in [0.15, 0.2) is 16.8 Å². The first-order valence-electron chi connectivity index (χ1n) is 4.27. The predicted molar refractivity (Wildman–Crippen MR) is 52.3 cm³/mol.